The van der Waals surface area contributed by atoms with Crippen molar-refractivity contribution >= 4 is 40.0 Å². The number of ketones is 1. The van der Waals surface area contributed by atoms with Crippen molar-refractivity contribution in [2.75, 3.05) is 12.4 Å². The van der Waals surface area contributed by atoms with Gasteiger partial charge in [0.25, 0.3) is 0 Å². The summed E-state index contributed by atoms with van der Waals surface area (Å²) in [6.45, 7) is 4.90. The summed E-state index contributed by atoms with van der Waals surface area (Å²) < 4.78 is 39.5. The standard InChI is InChI=1S/C30H34F2O6S2/c1-17-13-19-20-15-22(31)21-14-18(34)8-9-27(21,2)29(20,32)24(35)16-28(19,3)30(17,26(37)40-11-5-4-10-33)38-25(36)23-7-6-12-39-23/h4-9,12,14,17,19-20,22,24,33,35H,10-11,13,15-16H2,1-3H3/b5-4-/t17-,19+,20+,22+,24+,27+,28+,29+,30+/m1/s1. The van der Waals surface area contributed by atoms with E-state index in [9.17, 15) is 19.5 Å². The number of esters is 1. The highest BCUT2D eigenvalue weighted by molar-refractivity contribution is 8.14. The molecule has 1 aromatic heterocycles. The number of ether oxygens (including phenoxy) is 1. The maximum Gasteiger partial charge on any atom is 0.349 e. The first-order chi connectivity index (χ1) is 18.9. The van der Waals surface area contributed by atoms with Crippen LogP contribution in [0.4, 0.5) is 8.78 Å². The van der Waals surface area contributed by atoms with Crippen LogP contribution in [0.15, 0.2) is 53.5 Å². The van der Waals surface area contributed by atoms with E-state index in [0.717, 1.165) is 17.8 Å². The van der Waals surface area contributed by atoms with Crippen molar-refractivity contribution in [1.82, 2.24) is 0 Å². The van der Waals surface area contributed by atoms with Crippen LogP contribution >= 0.6 is 23.1 Å². The molecule has 0 spiro atoms. The fraction of sp³-hybridized carbons (Fsp3) is 0.567. The molecule has 40 heavy (non-hydrogen) atoms. The highest BCUT2D eigenvalue weighted by atomic mass is 32.2. The predicted molar refractivity (Wildman–Crippen MR) is 149 cm³/mol. The Kier molecular flexibility index (Phi) is 7.55. The predicted octanol–water partition coefficient (Wildman–Crippen LogP) is 5.02. The number of fused-ring (bicyclic) bond motifs is 5. The van der Waals surface area contributed by atoms with Gasteiger partial charge in [-0.15, -0.1) is 11.3 Å². The highest BCUT2D eigenvalue weighted by Gasteiger charge is 2.78. The molecule has 1 heterocycles. The SMILES string of the molecule is C[C@@H]1C[C@H]2[C@@H]3C[C@H](F)C4=CC(=O)C=C[C@]4(C)[C@@]3(F)[C@@H](O)C[C@]2(C)[C@@]1(OC(=O)c1cccs1)C(=O)SC/C=C\CO. The number of rotatable bonds is 6. The first-order valence-electron chi connectivity index (χ1n) is 13.5. The largest absolute Gasteiger partial charge is 0.445 e. The summed E-state index contributed by atoms with van der Waals surface area (Å²) in [4.78, 5) is 39.9. The molecule has 4 aliphatic rings. The molecule has 3 saturated carbocycles. The van der Waals surface area contributed by atoms with E-state index in [1.807, 2.05) is 0 Å². The van der Waals surface area contributed by atoms with Crippen molar-refractivity contribution in [3.8, 4) is 0 Å². The summed E-state index contributed by atoms with van der Waals surface area (Å²) in [5.41, 5.74) is -6.71. The molecule has 0 amide bonds. The Hall–Kier alpha value is -2.14. The van der Waals surface area contributed by atoms with Gasteiger partial charge in [-0.1, -0.05) is 49.9 Å². The lowest BCUT2D eigenvalue weighted by atomic mass is 9.44. The van der Waals surface area contributed by atoms with Gasteiger partial charge in [0.05, 0.1) is 12.7 Å². The van der Waals surface area contributed by atoms with Gasteiger partial charge in [0, 0.05) is 28.4 Å². The molecular formula is C30H34F2O6S2. The van der Waals surface area contributed by atoms with E-state index in [0.29, 0.717) is 11.3 Å². The molecule has 3 fully saturated rings. The van der Waals surface area contributed by atoms with E-state index in [4.69, 9.17) is 9.84 Å². The highest BCUT2D eigenvalue weighted by Crippen LogP contribution is 2.72. The smallest absolute Gasteiger partial charge is 0.349 e. The monoisotopic (exact) mass is 592 g/mol. The molecule has 10 heteroatoms. The van der Waals surface area contributed by atoms with Gasteiger partial charge in [-0.2, -0.15) is 0 Å². The van der Waals surface area contributed by atoms with Crippen molar-refractivity contribution in [2.24, 2.45) is 28.6 Å². The Morgan fingerprint density at radius 1 is 1.25 bits per heavy atom. The van der Waals surface area contributed by atoms with Gasteiger partial charge in [0.1, 0.15) is 11.0 Å². The molecule has 1 aromatic rings. The van der Waals surface area contributed by atoms with Crippen molar-refractivity contribution < 1.29 is 38.1 Å². The van der Waals surface area contributed by atoms with Crippen LogP contribution < -0.4 is 0 Å². The normalized spacial score (nSPS) is 42.2. The molecule has 2 N–H and O–H groups in total. The van der Waals surface area contributed by atoms with Crippen LogP contribution in [0.2, 0.25) is 0 Å². The maximum atomic E-state index is 17.5. The Labute approximate surface area is 240 Å². The lowest BCUT2D eigenvalue weighted by molar-refractivity contribution is -0.221. The molecule has 6 nitrogen and oxygen atoms in total. The molecule has 216 valence electrons. The van der Waals surface area contributed by atoms with Crippen molar-refractivity contribution in [3.05, 3.63) is 58.3 Å². The van der Waals surface area contributed by atoms with E-state index in [2.05, 4.69) is 0 Å². The Morgan fingerprint density at radius 3 is 2.67 bits per heavy atom. The number of allylic oxidation sites excluding steroid dienone is 4. The second-order valence-electron chi connectivity index (χ2n) is 11.9. The second kappa shape index (κ2) is 10.3. The van der Waals surface area contributed by atoms with Gasteiger partial charge in [-0.05, 0) is 61.3 Å². The Balaban J connectivity index is 1.61. The van der Waals surface area contributed by atoms with Crippen molar-refractivity contribution in [1.29, 1.82) is 0 Å². The molecule has 0 bridgehead atoms. The van der Waals surface area contributed by atoms with E-state index >= 15 is 8.78 Å². The molecule has 5 rings (SSSR count). The van der Waals surface area contributed by atoms with Crippen LogP contribution in [0.3, 0.4) is 0 Å². The third-order valence-corrected chi connectivity index (χ3v) is 11.8. The number of alkyl halides is 2. The van der Waals surface area contributed by atoms with Gasteiger partial charge in [0.2, 0.25) is 5.12 Å². The maximum absolute atomic E-state index is 17.5. The summed E-state index contributed by atoms with van der Waals surface area (Å²) >= 11 is 2.12. The lowest BCUT2D eigenvalue weighted by Crippen LogP contribution is -2.70. The topological polar surface area (TPSA) is 101 Å². The Bertz CT molecular complexity index is 1290. The number of aliphatic hydroxyl groups is 2. The fourth-order valence-corrected chi connectivity index (χ4v) is 9.86. The summed E-state index contributed by atoms with van der Waals surface area (Å²) in [5, 5.41) is 22.1. The van der Waals surface area contributed by atoms with Crippen LogP contribution in [-0.2, 0) is 14.3 Å². The van der Waals surface area contributed by atoms with Gasteiger partial charge in [-0.25, -0.2) is 13.6 Å². The minimum absolute atomic E-state index is 0.0325. The summed E-state index contributed by atoms with van der Waals surface area (Å²) in [6.07, 6.45) is 3.53. The number of aliphatic hydroxyl groups excluding tert-OH is 2. The minimum Gasteiger partial charge on any atom is -0.445 e. The molecule has 9 atom stereocenters. The summed E-state index contributed by atoms with van der Waals surface area (Å²) in [7, 11) is 0. The lowest BCUT2D eigenvalue weighted by Gasteiger charge is -2.63. The number of thioether (sulfide) groups is 1. The molecule has 0 unspecified atom stereocenters. The van der Waals surface area contributed by atoms with Crippen molar-refractivity contribution in [3.63, 3.8) is 0 Å². The zero-order valence-corrected chi connectivity index (χ0v) is 24.3. The first kappa shape index (κ1) is 29.4. The van der Waals surface area contributed by atoms with E-state index in [1.54, 1.807) is 37.4 Å². The first-order valence-corrected chi connectivity index (χ1v) is 15.4. The number of hydrogen-bond acceptors (Lipinski definition) is 8. The second-order valence-corrected chi connectivity index (χ2v) is 13.8. The molecular weight excluding hydrogens is 558 g/mol. The minimum atomic E-state index is -2.30. The van der Waals surface area contributed by atoms with Crippen LogP contribution in [-0.4, -0.2) is 63.0 Å². The summed E-state index contributed by atoms with van der Waals surface area (Å²) in [6, 6.07) is 3.30. The van der Waals surface area contributed by atoms with Crippen LogP contribution in [0.1, 0.15) is 49.7 Å². The molecule has 4 aliphatic carbocycles. The van der Waals surface area contributed by atoms with E-state index < -0.39 is 69.0 Å². The third kappa shape index (κ3) is 3.96. The molecule has 0 saturated heterocycles. The number of hydrogen-bond donors (Lipinski definition) is 2. The number of thiophene rings is 1. The van der Waals surface area contributed by atoms with E-state index in [1.165, 1.54) is 36.5 Å². The van der Waals surface area contributed by atoms with Gasteiger partial charge in [0.15, 0.2) is 17.1 Å². The summed E-state index contributed by atoms with van der Waals surface area (Å²) in [5.74, 6) is -3.00. The number of carbonyl (C=O) groups excluding carboxylic acids is 3. The van der Waals surface area contributed by atoms with Crippen molar-refractivity contribution in [2.45, 2.75) is 63.6 Å². The zero-order chi connectivity index (χ0) is 29.1. The Morgan fingerprint density at radius 2 is 2.00 bits per heavy atom. The van der Waals surface area contributed by atoms with Crippen LogP contribution in [0, 0.1) is 28.6 Å². The quantitative estimate of drug-likeness (QED) is 0.354. The zero-order valence-electron chi connectivity index (χ0n) is 22.6. The van der Waals surface area contributed by atoms with Crippen LogP contribution in [0.5, 0.6) is 0 Å². The average molecular weight is 593 g/mol. The fourth-order valence-electron chi connectivity index (χ4n) is 8.18. The number of carbonyl (C=O) groups is 3. The molecule has 0 aromatic carbocycles. The number of halogens is 2. The third-order valence-electron chi connectivity index (χ3n) is 10.0. The molecule has 0 aliphatic heterocycles. The van der Waals surface area contributed by atoms with E-state index in [-0.39, 0.29) is 30.8 Å². The van der Waals surface area contributed by atoms with Crippen LogP contribution in [0.25, 0.3) is 0 Å². The van der Waals surface area contributed by atoms with Gasteiger partial charge < -0.3 is 14.9 Å². The van der Waals surface area contributed by atoms with Gasteiger partial charge >= 0.3 is 5.97 Å². The average Bonchev–Trinajstić information content (AvgIpc) is 3.52. The molecule has 0 radical (unpaired) electrons. The van der Waals surface area contributed by atoms with Gasteiger partial charge in [-0.3, -0.25) is 9.59 Å².